The summed E-state index contributed by atoms with van der Waals surface area (Å²) in [6, 6.07) is 2.18. The molecule has 3 N–H and O–H groups in total. The third-order valence-corrected chi connectivity index (χ3v) is 1.89. The van der Waals surface area contributed by atoms with Gasteiger partial charge in [0.05, 0.1) is 0 Å². The minimum Gasteiger partial charge on any atom is -0.504 e. The summed E-state index contributed by atoms with van der Waals surface area (Å²) in [5, 5.41) is 27.4. The van der Waals surface area contributed by atoms with Crippen LogP contribution in [-0.4, -0.2) is 21.1 Å². The minimum atomic E-state index is -0.636. The molecule has 1 aromatic rings. The predicted molar refractivity (Wildman–Crippen MR) is 53.8 cm³/mol. The summed E-state index contributed by atoms with van der Waals surface area (Å²) in [6.45, 7) is 0. The predicted octanol–water partition coefficient (Wildman–Crippen LogP) is 1.40. The number of phenols is 3. The fourth-order valence-electron chi connectivity index (χ4n) is 1.10. The zero-order valence-corrected chi connectivity index (χ0v) is 7.90. The molecule has 78 valence electrons. The van der Waals surface area contributed by atoms with E-state index in [-0.39, 0.29) is 17.8 Å². The molecule has 0 radical (unpaired) electrons. The highest BCUT2D eigenvalue weighted by Crippen LogP contribution is 2.35. The fraction of sp³-hybridized carbons (Fsp3) is 0.182. The van der Waals surface area contributed by atoms with Gasteiger partial charge in [-0.1, -0.05) is 0 Å². The molecule has 0 aromatic heterocycles. The Kier molecular flexibility index (Phi) is 3.19. The van der Waals surface area contributed by atoms with E-state index < -0.39 is 17.2 Å². The number of benzene rings is 1. The molecule has 1 rings (SSSR count). The SMILES string of the molecule is C#CCCC(=O)c1cc(O)c(O)c(O)c1. The number of carbonyl (C=O) groups excluding carboxylic acids is 1. The lowest BCUT2D eigenvalue weighted by Crippen LogP contribution is -1.97. The lowest BCUT2D eigenvalue weighted by molar-refractivity contribution is 0.0983. The Morgan fingerprint density at radius 3 is 2.27 bits per heavy atom. The molecular formula is C11H10O4. The van der Waals surface area contributed by atoms with Crippen LogP contribution in [-0.2, 0) is 0 Å². The average molecular weight is 206 g/mol. The first-order valence-electron chi connectivity index (χ1n) is 4.28. The third kappa shape index (κ3) is 2.41. The van der Waals surface area contributed by atoms with Crippen molar-refractivity contribution in [2.75, 3.05) is 0 Å². The van der Waals surface area contributed by atoms with Gasteiger partial charge in [-0.25, -0.2) is 0 Å². The minimum absolute atomic E-state index is 0.123. The smallest absolute Gasteiger partial charge is 0.200 e. The number of Topliss-reactive ketones (excluding diaryl/α,β-unsaturated/α-hetero) is 1. The highest BCUT2D eigenvalue weighted by atomic mass is 16.3. The van der Waals surface area contributed by atoms with Crippen molar-refractivity contribution in [2.45, 2.75) is 12.8 Å². The maximum atomic E-state index is 11.4. The molecule has 0 bridgehead atoms. The van der Waals surface area contributed by atoms with Crippen LogP contribution in [0.15, 0.2) is 12.1 Å². The molecule has 0 unspecified atom stereocenters. The number of aromatic hydroxyl groups is 3. The molecule has 0 heterocycles. The monoisotopic (exact) mass is 206 g/mol. The lowest BCUT2D eigenvalue weighted by Gasteiger charge is -2.04. The average Bonchev–Trinajstić information content (AvgIpc) is 2.21. The van der Waals surface area contributed by atoms with Gasteiger partial charge in [0.15, 0.2) is 23.0 Å². The maximum absolute atomic E-state index is 11.4. The molecular weight excluding hydrogens is 196 g/mol. The first kappa shape index (κ1) is 10.9. The molecule has 4 heteroatoms. The zero-order valence-electron chi connectivity index (χ0n) is 7.90. The first-order valence-corrected chi connectivity index (χ1v) is 4.28. The van der Waals surface area contributed by atoms with E-state index >= 15 is 0 Å². The van der Waals surface area contributed by atoms with Crippen molar-refractivity contribution in [1.29, 1.82) is 0 Å². The second kappa shape index (κ2) is 4.38. The van der Waals surface area contributed by atoms with E-state index in [1.54, 1.807) is 0 Å². The number of hydrogen-bond acceptors (Lipinski definition) is 4. The molecule has 0 aliphatic heterocycles. The Morgan fingerprint density at radius 1 is 1.27 bits per heavy atom. The van der Waals surface area contributed by atoms with E-state index in [1.165, 1.54) is 0 Å². The molecule has 0 atom stereocenters. The number of phenolic OH excluding ortho intramolecular Hbond substituents is 3. The second-order valence-corrected chi connectivity index (χ2v) is 2.99. The van der Waals surface area contributed by atoms with Crippen LogP contribution in [0.3, 0.4) is 0 Å². The summed E-state index contributed by atoms with van der Waals surface area (Å²) in [6.07, 6.45) is 5.43. The summed E-state index contributed by atoms with van der Waals surface area (Å²) in [4.78, 5) is 11.4. The van der Waals surface area contributed by atoms with Gasteiger partial charge in [-0.05, 0) is 12.1 Å². The van der Waals surface area contributed by atoms with Crippen molar-refractivity contribution in [3.8, 4) is 29.6 Å². The van der Waals surface area contributed by atoms with Crippen molar-refractivity contribution in [3.63, 3.8) is 0 Å². The zero-order chi connectivity index (χ0) is 11.4. The molecule has 0 saturated heterocycles. The van der Waals surface area contributed by atoms with Crippen LogP contribution < -0.4 is 0 Å². The van der Waals surface area contributed by atoms with E-state index in [1.807, 2.05) is 0 Å². The topological polar surface area (TPSA) is 77.8 Å². The van der Waals surface area contributed by atoms with Crippen LogP contribution in [0.25, 0.3) is 0 Å². The van der Waals surface area contributed by atoms with Gasteiger partial charge < -0.3 is 15.3 Å². The van der Waals surface area contributed by atoms with Crippen molar-refractivity contribution < 1.29 is 20.1 Å². The van der Waals surface area contributed by atoms with E-state index in [0.717, 1.165) is 12.1 Å². The van der Waals surface area contributed by atoms with Gasteiger partial charge in [-0.2, -0.15) is 0 Å². The number of ketones is 1. The number of rotatable bonds is 3. The fourth-order valence-corrected chi connectivity index (χ4v) is 1.10. The van der Waals surface area contributed by atoms with E-state index in [9.17, 15) is 4.79 Å². The van der Waals surface area contributed by atoms with Crippen molar-refractivity contribution in [1.82, 2.24) is 0 Å². The number of terminal acetylenes is 1. The molecule has 0 amide bonds. The van der Waals surface area contributed by atoms with E-state index in [4.69, 9.17) is 21.7 Å². The molecule has 0 aliphatic rings. The lowest BCUT2D eigenvalue weighted by atomic mass is 10.1. The quantitative estimate of drug-likeness (QED) is 0.397. The van der Waals surface area contributed by atoms with Gasteiger partial charge in [0.2, 0.25) is 0 Å². The van der Waals surface area contributed by atoms with Gasteiger partial charge in [-0.3, -0.25) is 4.79 Å². The highest BCUT2D eigenvalue weighted by Gasteiger charge is 2.12. The molecule has 4 nitrogen and oxygen atoms in total. The Morgan fingerprint density at radius 2 is 1.80 bits per heavy atom. The van der Waals surface area contributed by atoms with Crippen LogP contribution >= 0.6 is 0 Å². The normalized spacial score (nSPS) is 9.53. The Labute approximate surface area is 86.8 Å². The van der Waals surface area contributed by atoms with Gasteiger partial charge >= 0.3 is 0 Å². The highest BCUT2D eigenvalue weighted by molar-refractivity contribution is 5.97. The molecule has 0 spiro atoms. The summed E-state index contributed by atoms with van der Waals surface area (Å²) in [5.41, 5.74) is 0.123. The summed E-state index contributed by atoms with van der Waals surface area (Å²) in [5.74, 6) is 0.328. The van der Waals surface area contributed by atoms with Gasteiger partial charge in [0.1, 0.15) is 0 Å². The molecule has 0 aliphatic carbocycles. The molecule has 1 aromatic carbocycles. The Hall–Kier alpha value is -2.15. The standard InChI is InChI=1S/C11H10O4/c1-2-3-4-8(12)7-5-9(13)11(15)10(14)6-7/h1,5-6,13-15H,3-4H2. The summed E-state index contributed by atoms with van der Waals surface area (Å²) >= 11 is 0. The van der Waals surface area contributed by atoms with Crippen molar-refractivity contribution >= 4 is 5.78 Å². The van der Waals surface area contributed by atoms with Crippen molar-refractivity contribution in [3.05, 3.63) is 17.7 Å². The maximum Gasteiger partial charge on any atom is 0.200 e. The Bertz CT molecular complexity index is 406. The van der Waals surface area contributed by atoms with Crippen molar-refractivity contribution in [2.24, 2.45) is 0 Å². The van der Waals surface area contributed by atoms with Crippen LogP contribution in [0, 0.1) is 12.3 Å². The first-order chi connectivity index (χ1) is 7.06. The van der Waals surface area contributed by atoms with Gasteiger partial charge in [0.25, 0.3) is 0 Å². The van der Waals surface area contributed by atoms with Crippen LogP contribution in [0.2, 0.25) is 0 Å². The summed E-state index contributed by atoms with van der Waals surface area (Å²) < 4.78 is 0. The molecule has 15 heavy (non-hydrogen) atoms. The van der Waals surface area contributed by atoms with E-state index in [0.29, 0.717) is 6.42 Å². The number of hydrogen-bond donors (Lipinski definition) is 3. The number of carbonyl (C=O) groups is 1. The Balaban J connectivity index is 2.97. The van der Waals surface area contributed by atoms with Crippen LogP contribution in [0.5, 0.6) is 17.2 Å². The van der Waals surface area contributed by atoms with Gasteiger partial charge in [-0.15, -0.1) is 12.3 Å². The largest absolute Gasteiger partial charge is 0.504 e. The second-order valence-electron chi connectivity index (χ2n) is 2.99. The van der Waals surface area contributed by atoms with Gasteiger partial charge in [0, 0.05) is 18.4 Å². The molecule has 0 saturated carbocycles. The van der Waals surface area contributed by atoms with E-state index in [2.05, 4.69) is 5.92 Å². The molecule has 0 fully saturated rings. The summed E-state index contributed by atoms with van der Waals surface area (Å²) in [7, 11) is 0. The van der Waals surface area contributed by atoms with Crippen LogP contribution in [0.4, 0.5) is 0 Å². The van der Waals surface area contributed by atoms with Crippen LogP contribution in [0.1, 0.15) is 23.2 Å². The third-order valence-electron chi connectivity index (χ3n) is 1.89.